The Kier molecular flexibility index (Phi) is 3.38. The summed E-state index contributed by atoms with van der Waals surface area (Å²) in [6.45, 7) is 6.47. The minimum atomic E-state index is 0.0776. The van der Waals surface area contributed by atoms with Crippen molar-refractivity contribution in [2.45, 2.75) is 26.2 Å². The van der Waals surface area contributed by atoms with Crippen molar-refractivity contribution in [1.82, 2.24) is 0 Å². The van der Waals surface area contributed by atoms with E-state index >= 15 is 0 Å². The molecule has 0 atom stereocenters. The first-order valence-corrected chi connectivity index (χ1v) is 5.33. The summed E-state index contributed by atoms with van der Waals surface area (Å²) in [5, 5.41) is 0. The van der Waals surface area contributed by atoms with Crippen molar-refractivity contribution >= 4 is 18.4 Å². The molecule has 1 nitrogen and oxygen atoms in total. The Morgan fingerprint density at radius 1 is 1.21 bits per heavy atom. The number of carbonyl (C=O) groups excluding carboxylic acids is 1. The third-order valence-corrected chi connectivity index (χ3v) is 2.50. The smallest absolute Gasteiger partial charge is 0.172 e. The van der Waals surface area contributed by atoms with Crippen molar-refractivity contribution in [3.8, 4) is 0 Å². The fraction of sp³-hybridized carbons (Fsp3) is 0.417. The van der Waals surface area contributed by atoms with Crippen molar-refractivity contribution in [3.05, 3.63) is 35.4 Å². The predicted molar refractivity (Wildman–Crippen MR) is 63.3 cm³/mol. The zero-order valence-electron chi connectivity index (χ0n) is 8.87. The minimum absolute atomic E-state index is 0.0776. The second kappa shape index (κ2) is 4.18. The van der Waals surface area contributed by atoms with Gasteiger partial charge in [-0.1, -0.05) is 45.0 Å². The van der Waals surface area contributed by atoms with Gasteiger partial charge < -0.3 is 0 Å². The molecule has 0 aliphatic heterocycles. The molecular formula is C12H16OS. The van der Waals surface area contributed by atoms with Crippen LogP contribution in [-0.4, -0.2) is 11.5 Å². The Hall–Kier alpha value is -0.760. The average molecular weight is 208 g/mol. The number of hydrogen-bond donors (Lipinski definition) is 1. The summed E-state index contributed by atoms with van der Waals surface area (Å²) in [5.41, 5.74) is 2.13. The quantitative estimate of drug-likeness (QED) is 0.584. The van der Waals surface area contributed by atoms with Crippen molar-refractivity contribution < 1.29 is 4.79 Å². The number of rotatable bonds is 2. The number of hydrogen-bond acceptors (Lipinski definition) is 2. The molecule has 0 saturated carbocycles. The van der Waals surface area contributed by atoms with Gasteiger partial charge in [0, 0.05) is 5.56 Å². The van der Waals surface area contributed by atoms with Crippen LogP contribution < -0.4 is 0 Å². The Morgan fingerprint density at radius 2 is 1.71 bits per heavy atom. The van der Waals surface area contributed by atoms with Crippen molar-refractivity contribution in [2.75, 3.05) is 5.75 Å². The maximum absolute atomic E-state index is 11.3. The predicted octanol–water partition coefficient (Wildman–Crippen LogP) is 3.10. The summed E-state index contributed by atoms with van der Waals surface area (Å²) < 4.78 is 0. The monoisotopic (exact) mass is 208 g/mol. The molecule has 2 heteroatoms. The second-order valence-electron chi connectivity index (χ2n) is 4.41. The van der Waals surface area contributed by atoms with E-state index in [1.54, 1.807) is 0 Å². The van der Waals surface area contributed by atoms with Gasteiger partial charge in [0.25, 0.3) is 0 Å². The maximum atomic E-state index is 11.3. The van der Waals surface area contributed by atoms with Gasteiger partial charge in [0.1, 0.15) is 0 Å². The summed E-state index contributed by atoms with van der Waals surface area (Å²) in [6, 6.07) is 7.77. The van der Waals surface area contributed by atoms with E-state index in [0.29, 0.717) is 0 Å². The number of thiol groups is 1. The molecule has 0 spiro atoms. The lowest BCUT2D eigenvalue weighted by molar-refractivity contribution is 0.102. The molecule has 0 saturated heterocycles. The van der Waals surface area contributed by atoms with E-state index in [0.717, 1.165) is 5.56 Å². The van der Waals surface area contributed by atoms with Crippen molar-refractivity contribution in [2.24, 2.45) is 0 Å². The number of ketones is 1. The highest BCUT2D eigenvalue weighted by atomic mass is 32.1. The fourth-order valence-electron chi connectivity index (χ4n) is 1.25. The molecule has 1 aromatic rings. The topological polar surface area (TPSA) is 17.1 Å². The minimum Gasteiger partial charge on any atom is -0.293 e. The molecule has 0 bridgehead atoms. The molecule has 0 heterocycles. The van der Waals surface area contributed by atoms with Gasteiger partial charge in [-0.25, -0.2) is 0 Å². The maximum Gasteiger partial charge on any atom is 0.172 e. The van der Waals surface area contributed by atoms with Crippen LogP contribution >= 0.6 is 12.6 Å². The molecule has 1 aromatic carbocycles. The highest BCUT2D eigenvalue weighted by Crippen LogP contribution is 2.22. The van der Waals surface area contributed by atoms with E-state index in [4.69, 9.17) is 0 Å². The molecule has 0 amide bonds. The van der Waals surface area contributed by atoms with E-state index in [1.165, 1.54) is 5.56 Å². The van der Waals surface area contributed by atoms with Crippen LogP contribution in [0.5, 0.6) is 0 Å². The average Bonchev–Trinajstić information content (AvgIpc) is 2.15. The normalized spacial score (nSPS) is 11.4. The van der Waals surface area contributed by atoms with Crippen LogP contribution in [0, 0.1) is 0 Å². The Labute approximate surface area is 90.9 Å². The van der Waals surface area contributed by atoms with Crippen LogP contribution in [0.4, 0.5) is 0 Å². The third-order valence-electron chi connectivity index (χ3n) is 2.22. The molecule has 1 rings (SSSR count). The van der Waals surface area contributed by atoms with Gasteiger partial charge in [-0.2, -0.15) is 12.6 Å². The lowest BCUT2D eigenvalue weighted by Crippen LogP contribution is -2.11. The molecule has 0 aromatic heterocycles. The molecule has 14 heavy (non-hydrogen) atoms. The number of carbonyl (C=O) groups is 1. The summed E-state index contributed by atoms with van der Waals surface area (Å²) in [6.07, 6.45) is 0. The van der Waals surface area contributed by atoms with Crippen LogP contribution in [0.3, 0.4) is 0 Å². The largest absolute Gasteiger partial charge is 0.293 e. The van der Waals surface area contributed by atoms with Crippen molar-refractivity contribution in [1.29, 1.82) is 0 Å². The first-order chi connectivity index (χ1) is 6.45. The zero-order chi connectivity index (χ0) is 10.8. The molecule has 76 valence electrons. The standard InChI is InChI=1S/C12H16OS/c1-12(2,3)10-6-4-9(5-7-10)11(13)8-14/h4-7,14H,8H2,1-3H3. The molecule has 0 unspecified atom stereocenters. The summed E-state index contributed by atoms with van der Waals surface area (Å²) in [5.74, 6) is 0.350. The van der Waals surface area contributed by atoms with Gasteiger partial charge in [0.15, 0.2) is 5.78 Å². The van der Waals surface area contributed by atoms with E-state index in [-0.39, 0.29) is 17.0 Å². The highest BCUT2D eigenvalue weighted by Gasteiger charge is 2.13. The lowest BCUT2D eigenvalue weighted by atomic mass is 9.86. The van der Waals surface area contributed by atoms with E-state index in [1.807, 2.05) is 24.3 Å². The summed E-state index contributed by atoms with van der Waals surface area (Å²) >= 11 is 3.96. The van der Waals surface area contributed by atoms with Gasteiger partial charge in [-0.05, 0) is 11.0 Å². The molecule has 0 N–H and O–H groups in total. The molecule has 0 radical (unpaired) electrons. The van der Waals surface area contributed by atoms with Crippen molar-refractivity contribution in [3.63, 3.8) is 0 Å². The van der Waals surface area contributed by atoms with E-state index < -0.39 is 0 Å². The third kappa shape index (κ3) is 2.61. The van der Waals surface area contributed by atoms with E-state index in [9.17, 15) is 4.79 Å². The Bertz CT molecular complexity index is 319. The Morgan fingerprint density at radius 3 is 2.07 bits per heavy atom. The lowest BCUT2D eigenvalue weighted by Gasteiger charge is -2.18. The first kappa shape index (κ1) is 11.3. The molecule has 0 aliphatic rings. The molecular weight excluding hydrogens is 192 g/mol. The molecule has 0 fully saturated rings. The highest BCUT2D eigenvalue weighted by molar-refractivity contribution is 7.81. The van der Waals surface area contributed by atoms with Gasteiger partial charge in [-0.15, -0.1) is 0 Å². The van der Waals surface area contributed by atoms with Crippen LogP contribution in [0.25, 0.3) is 0 Å². The number of benzene rings is 1. The first-order valence-electron chi connectivity index (χ1n) is 4.70. The summed E-state index contributed by atoms with van der Waals surface area (Å²) in [4.78, 5) is 11.3. The SMILES string of the molecule is CC(C)(C)c1ccc(C(=O)CS)cc1. The van der Waals surface area contributed by atoms with Gasteiger partial charge in [0.2, 0.25) is 0 Å². The van der Waals surface area contributed by atoms with Gasteiger partial charge in [-0.3, -0.25) is 4.79 Å². The number of Topliss-reactive ketones (excluding diaryl/α,β-unsaturated/α-hetero) is 1. The van der Waals surface area contributed by atoms with E-state index in [2.05, 4.69) is 33.4 Å². The van der Waals surface area contributed by atoms with Crippen LogP contribution in [0.2, 0.25) is 0 Å². The van der Waals surface area contributed by atoms with Crippen LogP contribution in [0.1, 0.15) is 36.7 Å². The molecule has 0 aliphatic carbocycles. The Balaban J connectivity index is 2.95. The second-order valence-corrected chi connectivity index (χ2v) is 4.72. The van der Waals surface area contributed by atoms with Gasteiger partial charge >= 0.3 is 0 Å². The fourth-order valence-corrected chi connectivity index (χ4v) is 1.43. The van der Waals surface area contributed by atoms with Crippen LogP contribution in [0.15, 0.2) is 24.3 Å². The van der Waals surface area contributed by atoms with Gasteiger partial charge in [0.05, 0.1) is 5.75 Å². The summed E-state index contributed by atoms with van der Waals surface area (Å²) in [7, 11) is 0. The van der Waals surface area contributed by atoms with Crippen LogP contribution in [-0.2, 0) is 5.41 Å². The zero-order valence-corrected chi connectivity index (χ0v) is 9.77.